The Balaban J connectivity index is 1.54. The fourth-order valence-corrected chi connectivity index (χ4v) is 3.28. The third-order valence-electron chi connectivity index (χ3n) is 5.05. The van der Waals surface area contributed by atoms with Gasteiger partial charge in [0.25, 0.3) is 5.56 Å². The van der Waals surface area contributed by atoms with E-state index in [0.717, 1.165) is 11.4 Å². The van der Waals surface area contributed by atoms with Crippen molar-refractivity contribution in [2.45, 2.75) is 26.3 Å². The van der Waals surface area contributed by atoms with E-state index < -0.39 is 0 Å². The van der Waals surface area contributed by atoms with Crippen LogP contribution in [0.5, 0.6) is 5.75 Å². The first-order chi connectivity index (χ1) is 15.0. The third kappa shape index (κ3) is 4.18. The van der Waals surface area contributed by atoms with E-state index in [1.807, 2.05) is 48.5 Å². The average molecular weight is 417 g/mol. The zero-order valence-electron chi connectivity index (χ0n) is 17.6. The number of rotatable bonds is 6. The van der Waals surface area contributed by atoms with E-state index in [1.54, 1.807) is 11.8 Å². The molecule has 4 rings (SSSR count). The van der Waals surface area contributed by atoms with Crippen molar-refractivity contribution in [1.29, 1.82) is 0 Å². The summed E-state index contributed by atoms with van der Waals surface area (Å²) >= 11 is 0. The van der Waals surface area contributed by atoms with Gasteiger partial charge in [-0.25, -0.2) is 9.67 Å². The van der Waals surface area contributed by atoms with Gasteiger partial charge in [-0.05, 0) is 47.9 Å². The molecule has 8 nitrogen and oxygen atoms in total. The Morgan fingerprint density at radius 2 is 1.81 bits per heavy atom. The highest BCUT2D eigenvalue weighted by Crippen LogP contribution is 2.18. The number of ether oxygens (including phenoxy) is 1. The first-order valence-electron chi connectivity index (χ1n) is 9.93. The molecule has 0 bridgehead atoms. The normalized spacial score (nSPS) is 11.1. The molecule has 0 atom stereocenters. The van der Waals surface area contributed by atoms with Gasteiger partial charge in [0.2, 0.25) is 5.91 Å². The summed E-state index contributed by atoms with van der Waals surface area (Å²) in [5.74, 6) is 0.837. The molecule has 0 spiro atoms. The van der Waals surface area contributed by atoms with E-state index in [9.17, 15) is 9.59 Å². The molecule has 0 aliphatic heterocycles. The summed E-state index contributed by atoms with van der Waals surface area (Å²) in [5, 5.41) is 7.45. The Hall–Kier alpha value is -3.94. The summed E-state index contributed by atoms with van der Waals surface area (Å²) < 4.78 is 8.03. The molecule has 2 aromatic heterocycles. The van der Waals surface area contributed by atoms with Crippen LogP contribution in [0, 0.1) is 0 Å². The largest absolute Gasteiger partial charge is 0.497 e. The van der Waals surface area contributed by atoms with Crippen LogP contribution in [0.4, 0.5) is 5.69 Å². The standard InChI is InChI=1S/C23H23N5O3/c1-15(2)16-4-6-17(7-5-16)26-21(29)13-27-14-24-22-20(23(27)30)12-25-28(22)18-8-10-19(31-3)11-9-18/h4-12,14-15H,13H2,1-3H3,(H,26,29). The Kier molecular flexibility index (Phi) is 5.53. The molecule has 31 heavy (non-hydrogen) atoms. The van der Waals surface area contributed by atoms with Crippen molar-refractivity contribution in [2.75, 3.05) is 12.4 Å². The maximum absolute atomic E-state index is 12.9. The van der Waals surface area contributed by atoms with Crippen LogP contribution in [0.1, 0.15) is 25.3 Å². The Morgan fingerprint density at radius 3 is 2.45 bits per heavy atom. The van der Waals surface area contributed by atoms with Crippen molar-refractivity contribution in [3.8, 4) is 11.4 Å². The lowest BCUT2D eigenvalue weighted by Crippen LogP contribution is -2.27. The fraction of sp³-hybridized carbons (Fsp3) is 0.217. The van der Waals surface area contributed by atoms with E-state index in [0.29, 0.717) is 22.6 Å². The number of amides is 1. The third-order valence-corrected chi connectivity index (χ3v) is 5.05. The highest BCUT2D eigenvalue weighted by Gasteiger charge is 2.13. The summed E-state index contributed by atoms with van der Waals surface area (Å²) in [4.78, 5) is 29.7. The molecule has 0 radical (unpaired) electrons. The summed E-state index contributed by atoms with van der Waals surface area (Å²) in [5.41, 5.74) is 2.73. The van der Waals surface area contributed by atoms with Gasteiger partial charge in [0.05, 0.1) is 19.0 Å². The lowest BCUT2D eigenvalue weighted by Gasteiger charge is -2.09. The summed E-state index contributed by atoms with van der Waals surface area (Å²) in [6.45, 7) is 4.08. The zero-order valence-corrected chi connectivity index (χ0v) is 17.6. The quantitative estimate of drug-likeness (QED) is 0.520. The van der Waals surface area contributed by atoms with Gasteiger partial charge >= 0.3 is 0 Å². The van der Waals surface area contributed by atoms with Gasteiger partial charge in [-0.3, -0.25) is 14.2 Å². The van der Waals surface area contributed by atoms with E-state index in [1.165, 1.54) is 22.7 Å². The first-order valence-corrected chi connectivity index (χ1v) is 9.93. The molecule has 8 heteroatoms. The summed E-state index contributed by atoms with van der Waals surface area (Å²) in [6, 6.07) is 14.9. The maximum Gasteiger partial charge on any atom is 0.264 e. The highest BCUT2D eigenvalue weighted by molar-refractivity contribution is 5.90. The molecule has 0 saturated carbocycles. The zero-order chi connectivity index (χ0) is 22.0. The number of nitrogens with one attached hydrogen (secondary N) is 1. The van der Waals surface area contributed by atoms with E-state index in [2.05, 4.69) is 29.2 Å². The fourth-order valence-electron chi connectivity index (χ4n) is 3.28. The van der Waals surface area contributed by atoms with Crippen molar-refractivity contribution >= 4 is 22.6 Å². The number of carbonyl (C=O) groups excluding carboxylic acids is 1. The Bertz CT molecular complexity index is 1270. The van der Waals surface area contributed by atoms with Gasteiger partial charge in [-0.1, -0.05) is 26.0 Å². The Labute approximate surface area is 179 Å². The minimum absolute atomic E-state index is 0.137. The monoisotopic (exact) mass is 417 g/mol. The number of benzene rings is 2. The van der Waals surface area contributed by atoms with Crippen LogP contribution >= 0.6 is 0 Å². The number of hydrogen-bond donors (Lipinski definition) is 1. The molecule has 158 valence electrons. The van der Waals surface area contributed by atoms with E-state index in [-0.39, 0.29) is 18.0 Å². The second-order valence-electron chi connectivity index (χ2n) is 7.49. The molecule has 0 aliphatic carbocycles. The van der Waals surface area contributed by atoms with Crippen molar-refractivity contribution in [1.82, 2.24) is 19.3 Å². The maximum atomic E-state index is 12.9. The van der Waals surface area contributed by atoms with Crippen LogP contribution < -0.4 is 15.6 Å². The molecule has 0 aliphatic rings. The second kappa shape index (κ2) is 8.43. The van der Waals surface area contributed by atoms with E-state index in [4.69, 9.17) is 4.74 Å². The predicted molar refractivity (Wildman–Crippen MR) is 119 cm³/mol. The molecule has 1 N–H and O–H groups in total. The Morgan fingerprint density at radius 1 is 1.10 bits per heavy atom. The van der Waals surface area contributed by atoms with Crippen LogP contribution in [-0.2, 0) is 11.3 Å². The topological polar surface area (TPSA) is 91.0 Å². The summed E-state index contributed by atoms with van der Waals surface area (Å²) in [7, 11) is 1.60. The van der Waals surface area contributed by atoms with Crippen LogP contribution in [0.2, 0.25) is 0 Å². The van der Waals surface area contributed by atoms with Gasteiger partial charge in [-0.15, -0.1) is 0 Å². The lowest BCUT2D eigenvalue weighted by atomic mass is 10.0. The van der Waals surface area contributed by atoms with Crippen LogP contribution in [0.3, 0.4) is 0 Å². The van der Waals surface area contributed by atoms with Gasteiger partial charge in [0.15, 0.2) is 5.65 Å². The number of hydrogen-bond acceptors (Lipinski definition) is 5. The number of fused-ring (bicyclic) bond motifs is 1. The number of aromatic nitrogens is 4. The predicted octanol–water partition coefficient (Wildman–Crippen LogP) is 3.35. The number of carbonyl (C=O) groups is 1. The molecule has 2 aromatic carbocycles. The molecular formula is C23H23N5O3. The van der Waals surface area contributed by atoms with Crippen molar-refractivity contribution in [2.24, 2.45) is 0 Å². The number of methoxy groups -OCH3 is 1. The molecular weight excluding hydrogens is 394 g/mol. The second-order valence-corrected chi connectivity index (χ2v) is 7.49. The minimum atomic E-state index is -0.324. The molecule has 2 heterocycles. The van der Waals surface area contributed by atoms with Gasteiger partial charge in [-0.2, -0.15) is 5.10 Å². The summed E-state index contributed by atoms with van der Waals surface area (Å²) in [6.07, 6.45) is 2.84. The SMILES string of the molecule is COc1ccc(-n2ncc3c(=O)n(CC(=O)Nc4ccc(C(C)C)cc4)cnc32)cc1. The van der Waals surface area contributed by atoms with Crippen LogP contribution in [0.25, 0.3) is 16.7 Å². The van der Waals surface area contributed by atoms with Crippen LogP contribution in [0.15, 0.2) is 65.8 Å². The van der Waals surface area contributed by atoms with Crippen molar-refractivity contribution in [3.05, 3.63) is 77.0 Å². The molecule has 4 aromatic rings. The van der Waals surface area contributed by atoms with Crippen molar-refractivity contribution in [3.63, 3.8) is 0 Å². The lowest BCUT2D eigenvalue weighted by molar-refractivity contribution is -0.116. The van der Waals surface area contributed by atoms with Gasteiger partial charge < -0.3 is 10.1 Å². The number of anilines is 1. The van der Waals surface area contributed by atoms with Gasteiger partial charge in [0, 0.05) is 5.69 Å². The molecule has 0 fully saturated rings. The smallest absolute Gasteiger partial charge is 0.264 e. The van der Waals surface area contributed by atoms with E-state index >= 15 is 0 Å². The molecule has 1 amide bonds. The highest BCUT2D eigenvalue weighted by atomic mass is 16.5. The minimum Gasteiger partial charge on any atom is -0.497 e. The van der Waals surface area contributed by atoms with Gasteiger partial charge in [0.1, 0.15) is 24.0 Å². The molecule has 0 saturated heterocycles. The average Bonchev–Trinajstić information content (AvgIpc) is 3.21. The van der Waals surface area contributed by atoms with Crippen LogP contribution in [-0.4, -0.2) is 32.3 Å². The number of nitrogens with zero attached hydrogens (tertiary/aromatic N) is 4. The first kappa shape index (κ1) is 20.3. The van der Waals surface area contributed by atoms with Crippen molar-refractivity contribution < 1.29 is 9.53 Å². The molecule has 0 unspecified atom stereocenters.